The van der Waals surface area contributed by atoms with Crippen molar-refractivity contribution < 1.29 is 28.7 Å². The van der Waals surface area contributed by atoms with Crippen molar-refractivity contribution >= 4 is 22.8 Å². The van der Waals surface area contributed by atoms with Crippen molar-refractivity contribution in [2.45, 2.75) is 25.3 Å². The van der Waals surface area contributed by atoms with Crippen molar-refractivity contribution in [1.29, 1.82) is 0 Å². The van der Waals surface area contributed by atoms with E-state index in [0.717, 1.165) is 21.3 Å². The number of nitrogens with zero attached hydrogens (tertiary/aromatic N) is 5. The highest BCUT2D eigenvalue weighted by Gasteiger charge is 2.39. The molecular weight excluding hydrogens is 494 g/mol. The Bertz CT molecular complexity index is 1700. The summed E-state index contributed by atoms with van der Waals surface area (Å²) in [7, 11) is 1.25. The van der Waals surface area contributed by atoms with Gasteiger partial charge in [0, 0.05) is 36.4 Å². The molecule has 13 nitrogen and oxygen atoms in total. The van der Waals surface area contributed by atoms with Crippen LogP contribution in [0.25, 0.3) is 28.0 Å². The number of fused-ring (bicyclic) bond motifs is 4. The van der Waals surface area contributed by atoms with E-state index in [1.54, 1.807) is 24.4 Å². The van der Waals surface area contributed by atoms with Gasteiger partial charge in [-0.15, -0.1) is 4.85 Å². The molecule has 6 rings (SSSR count). The first-order valence-electron chi connectivity index (χ1n) is 11.8. The van der Waals surface area contributed by atoms with E-state index in [4.69, 9.17) is 4.74 Å². The number of hydrogen-bond donors (Lipinski definition) is 2. The van der Waals surface area contributed by atoms with Crippen LogP contribution >= 0.6 is 0 Å². The van der Waals surface area contributed by atoms with Crippen molar-refractivity contribution in [2.24, 2.45) is 0 Å². The molecule has 2 aromatic carbocycles. The molecule has 0 bridgehead atoms. The Morgan fingerprint density at radius 3 is 2.74 bits per heavy atom. The summed E-state index contributed by atoms with van der Waals surface area (Å²) in [5, 5.41) is 36.8. The van der Waals surface area contributed by atoms with Gasteiger partial charge in [-0.1, -0.05) is 30.3 Å². The summed E-state index contributed by atoms with van der Waals surface area (Å²) in [6, 6.07) is 13.0. The molecule has 13 heteroatoms. The minimum atomic E-state index is -0.991. The zero-order chi connectivity index (χ0) is 26.4. The van der Waals surface area contributed by atoms with Gasteiger partial charge >= 0.3 is 17.4 Å². The number of carbonyl (C=O) groups excluding carboxylic acids is 2. The molecule has 1 unspecified atom stereocenters. The van der Waals surface area contributed by atoms with Crippen LogP contribution in [0.5, 0.6) is 0 Å². The lowest BCUT2D eigenvalue weighted by Gasteiger charge is -2.17. The number of aromatic amines is 1. The first-order chi connectivity index (χ1) is 18.5. The number of esters is 1. The zero-order valence-corrected chi connectivity index (χ0v) is 20.1. The maximum Gasteiger partial charge on any atom is 0.328 e. The Morgan fingerprint density at radius 2 is 1.89 bits per heavy atom. The second kappa shape index (κ2) is 9.03. The van der Waals surface area contributed by atoms with Crippen LogP contribution in [-0.4, -0.2) is 45.1 Å². The van der Waals surface area contributed by atoms with Crippen LogP contribution in [0.3, 0.4) is 0 Å². The Balaban J connectivity index is 1.33. The molecule has 0 saturated heterocycles. The fourth-order valence-corrected chi connectivity index (χ4v) is 4.77. The Kier molecular flexibility index (Phi) is 5.52. The lowest BCUT2D eigenvalue weighted by Crippen LogP contribution is -2.45. The molecule has 0 saturated carbocycles. The van der Waals surface area contributed by atoms with Gasteiger partial charge in [-0.2, -0.15) is 0 Å². The largest absolute Gasteiger partial charge is 0.692 e. The third-order valence-corrected chi connectivity index (χ3v) is 6.65. The van der Waals surface area contributed by atoms with Crippen LogP contribution in [0, 0.1) is 10.4 Å². The van der Waals surface area contributed by atoms with E-state index in [1.807, 2.05) is 24.3 Å². The van der Waals surface area contributed by atoms with Crippen molar-refractivity contribution in [1.82, 2.24) is 25.4 Å². The van der Waals surface area contributed by atoms with Gasteiger partial charge < -0.3 is 25.5 Å². The number of rotatable bonds is 6. The second-order valence-electron chi connectivity index (χ2n) is 8.81. The predicted molar refractivity (Wildman–Crippen MR) is 130 cm³/mol. The first kappa shape index (κ1) is 23.2. The van der Waals surface area contributed by atoms with Gasteiger partial charge in [0.2, 0.25) is 5.69 Å². The molecule has 0 radical (unpaired) electrons. The standard InChI is InChI=1S/C25H21N7O6/c1-37-25(34)18(12-14-13-26-17-8-4-2-6-15(14)17)27-24(33)16-7-3-5-9-19(16)30-28-22-20(31(30)35)10-11-21-23(22)29-38-32(21)36/h2-9,13,18,26H,10-12H2,1H3,(H,27,33). The molecule has 0 aliphatic heterocycles. The van der Waals surface area contributed by atoms with Gasteiger partial charge in [0.05, 0.1) is 22.9 Å². The smallest absolute Gasteiger partial charge is 0.328 e. The van der Waals surface area contributed by atoms with Crippen LogP contribution in [-0.2, 0) is 28.8 Å². The number of benzene rings is 2. The summed E-state index contributed by atoms with van der Waals surface area (Å²) in [6.07, 6.45) is 2.49. The van der Waals surface area contributed by atoms with E-state index < -0.39 is 17.9 Å². The highest BCUT2D eigenvalue weighted by molar-refractivity contribution is 6.00. The van der Waals surface area contributed by atoms with Crippen LogP contribution in [0.1, 0.15) is 27.3 Å². The lowest BCUT2D eigenvalue weighted by atomic mass is 10.0. The van der Waals surface area contributed by atoms with Gasteiger partial charge in [-0.3, -0.25) is 9.42 Å². The van der Waals surface area contributed by atoms with Crippen LogP contribution < -0.4 is 15.1 Å². The van der Waals surface area contributed by atoms with Crippen molar-refractivity contribution in [3.63, 3.8) is 0 Å². The molecular formula is C25H21N7O6. The van der Waals surface area contributed by atoms with Gasteiger partial charge in [0.25, 0.3) is 5.91 Å². The quantitative estimate of drug-likeness (QED) is 0.191. The Hall–Kier alpha value is -5.20. The number of aromatic nitrogens is 6. The molecule has 1 aliphatic carbocycles. The maximum atomic E-state index is 13.5. The van der Waals surface area contributed by atoms with E-state index in [2.05, 4.69) is 25.2 Å². The topological polar surface area (TPSA) is 169 Å². The fourth-order valence-electron chi connectivity index (χ4n) is 4.77. The third-order valence-electron chi connectivity index (χ3n) is 6.65. The van der Waals surface area contributed by atoms with Crippen molar-refractivity contribution in [2.75, 3.05) is 7.11 Å². The van der Waals surface area contributed by atoms with Gasteiger partial charge in [-0.25, -0.2) is 4.79 Å². The van der Waals surface area contributed by atoms with E-state index in [1.165, 1.54) is 13.2 Å². The molecule has 2 N–H and O–H groups in total. The number of para-hydroxylation sites is 2. The summed E-state index contributed by atoms with van der Waals surface area (Å²) < 4.78 is 9.63. The number of nitrogens with one attached hydrogen (secondary N) is 2. The lowest BCUT2D eigenvalue weighted by molar-refractivity contribution is -0.808. The number of amides is 1. The number of H-pyrrole nitrogens is 1. The third kappa shape index (κ3) is 3.72. The van der Waals surface area contributed by atoms with E-state index >= 15 is 0 Å². The number of ether oxygens (including phenoxy) is 1. The summed E-state index contributed by atoms with van der Waals surface area (Å²) in [5.74, 6) is -1.21. The molecule has 38 heavy (non-hydrogen) atoms. The second-order valence-corrected chi connectivity index (χ2v) is 8.81. The Labute approximate surface area is 214 Å². The van der Waals surface area contributed by atoms with Gasteiger partial charge in [0.1, 0.15) is 11.7 Å². The molecule has 5 aromatic rings. The maximum absolute atomic E-state index is 13.5. The average Bonchev–Trinajstić information content (AvgIpc) is 3.63. The van der Waals surface area contributed by atoms with Crippen LogP contribution in [0.4, 0.5) is 0 Å². The summed E-state index contributed by atoms with van der Waals surface area (Å²) in [6.45, 7) is 0. The highest BCUT2D eigenvalue weighted by atomic mass is 16.8. The molecule has 3 heterocycles. The Morgan fingerprint density at radius 1 is 1.13 bits per heavy atom. The average molecular weight is 515 g/mol. The summed E-state index contributed by atoms with van der Waals surface area (Å²) >= 11 is 0. The number of hydrogen-bond acceptors (Lipinski definition) is 8. The molecule has 1 atom stereocenters. The molecule has 0 spiro atoms. The molecule has 192 valence electrons. The predicted octanol–water partition coefficient (Wildman–Crippen LogP) is 0.888. The van der Waals surface area contributed by atoms with E-state index in [9.17, 15) is 20.0 Å². The number of methoxy groups -OCH3 is 1. The van der Waals surface area contributed by atoms with Gasteiger partial charge in [-0.05, 0) is 33.5 Å². The first-order valence-corrected chi connectivity index (χ1v) is 11.8. The van der Waals surface area contributed by atoms with Crippen molar-refractivity contribution in [3.05, 3.63) is 87.7 Å². The molecule has 3 aromatic heterocycles. The van der Waals surface area contributed by atoms with Crippen LogP contribution in [0.15, 0.2) is 59.4 Å². The van der Waals surface area contributed by atoms with Crippen LogP contribution in [0.2, 0.25) is 0 Å². The number of carbonyl (C=O) groups is 2. The highest BCUT2D eigenvalue weighted by Crippen LogP contribution is 2.28. The minimum absolute atomic E-state index is 0.115. The molecule has 0 fully saturated rings. The zero-order valence-electron chi connectivity index (χ0n) is 20.1. The fraction of sp³-hybridized carbons (Fsp3) is 0.200. The normalized spacial score (nSPS) is 13.1. The molecule has 1 amide bonds. The molecule has 1 aliphatic rings. The van der Waals surface area contributed by atoms with E-state index in [-0.39, 0.29) is 47.6 Å². The summed E-state index contributed by atoms with van der Waals surface area (Å²) in [5.41, 5.74) is 3.02. The summed E-state index contributed by atoms with van der Waals surface area (Å²) in [4.78, 5) is 31.2. The minimum Gasteiger partial charge on any atom is -0.692 e. The monoisotopic (exact) mass is 515 g/mol. The van der Waals surface area contributed by atoms with Crippen molar-refractivity contribution in [3.8, 4) is 17.1 Å². The SMILES string of the molecule is COC(=O)C(Cc1c[nH]c2ccccc12)NC(=O)c1ccccc1-n1nc2c([n+]1[O-])CCc1c-2no[n+]1[O-]. The van der Waals surface area contributed by atoms with Gasteiger partial charge in [0.15, 0.2) is 5.69 Å². The van der Waals surface area contributed by atoms with E-state index in [0.29, 0.717) is 15.4 Å².